The zero-order chi connectivity index (χ0) is 17.3. The number of rotatable bonds is 4. The molecule has 0 spiro atoms. The van der Waals surface area contributed by atoms with E-state index in [0.29, 0.717) is 12.6 Å². The van der Waals surface area contributed by atoms with Crippen molar-refractivity contribution in [3.63, 3.8) is 0 Å². The van der Waals surface area contributed by atoms with E-state index in [9.17, 15) is 13.2 Å². The van der Waals surface area contributed by atoms with E-state index in [4.69, 9.17) is 4.74 Å². The highest BCUT2D eigenvalue weighted by atomic mass is 19.4. The minimum atomic E-state index is -4.44. The first-order chi connectivity index (χ1) is 11.3. The first-order valence-corrected chi connectivity index (χ1v) is 7.81. The molecule has 0 atom stereocenters. The van der Waals surface area contributed by atoms with Gasteiger partial charge in [-0.15, -0.1) is 0 Å². The highest BCUT2D eigenvalue weighted by molar-refractivity contribution is 5.32. The Labute approximate surface area is 137 Å². The standard InChI is InChI=1S/C15H20F3N5O/c1-10-11(8-23(21-10)12-3-5-24-6-4-12)7-19-14-20-13(9-22(14)2)15(16,17)18/h8-9,12H,3-7H2,1-2H3,(H,19,20). The van der Waals surface area contributed by atoms with E-state index < -0.39 is 11.9 Å². The number of nitrogens with one attached hydrogen (secondary N) is 1. The average molecular weight is 343 g/mol. The first kappa shape index (κ1) is 16.8. The van der Waals surface area contributed by atoms with Crippen LogP contribution in [0.3, 0.4) is 0 Å². The van der Waals surface area contributed by atoms with E-state index in [1.54, 1.807) is 0 Å². The highest BCUT2D eigenvalue weighted by Gasteiger charge is 2.34. The quantitative estimate of drug-likeness (QED) is 0.927. The van der Waals surface area contributed by atoms with Crippen LogP contribution in [0.5, 0.6) is 0 Å². The minimum absolute atomic E-state index is 0.181. The zero-order valence-corrected chi connectivity index (χ0v) is 13.6. The van der Waals surface area contributed by atoms with Crippen molar-refractivity contribution in [3.8, 4) is 0 Å². The number of anilines is 1. The van der Waals surface area contributed by atoms with E-state index in [2.05, 4.69) is 15.4 Å². The minimum Gasteiger partial charge on any atom is -0.381 e. The number of hydrogen-bond acceptors (Lipinski definition) is 4. The summed E-state index contributed by atoms with van der Waals surface area (Å²) < 4.78 is 46.7. The van der Waals surface area contributed by atoms with Crippen molar-refractivity contribution in [1.82, 2.24) is 19.3 Å². The van der Waals surface area contributed by atoms with Crippen molar-refractivity contribution in [2.75, 3.05) is 18.5 Å². The van der Waals surface area contributed by atoms with Crippen LogP contribution in [0.2, 0.25) is 0 Å². The van der Waals surface area contributed by atoms with Gasteiger partial charge in [0.25, 0.3) is 0 Å². The van der Waals surface area contributed by atoms with E-state index in [1.807, 2.05) is 17.8 Å². The van der Waals surface area contributed by atoms with Crippen molar-refractivity contribution in [2.45, 2.75) is 38.5 Å². The van der Waals surface area contributed by atoms with Crippen molar-refractivity contribution in [2.24, 2.45) is 7.05 Å². The summed E-state index contributed by atoms with van der Waals surface area (Å²) in [6, 6.07) is 0.316. The highest BCUT2D eigenvalue weighted by Crippen LogP contribution is 2.29. The van der Waals surface area contributed by atoms with Crippen LogP contribution in [0.15, 0.2) is 12.4 Å². The third-order valence-corrected chi connectivity index (χ3v) is 4.19. The normalized spacial score (nSPS) is 16.5. The predicted molar refractivity (Wildman–Crippen MR) is 81.6 cm³/mol. The SMILES string of the molecule is Cc1nn(C2CCOCC2)cc1CNc1nc(C(F)(F)F)cn1C. The molecule has 0 amide bonds. The second-order valence-electron chi connectivity index (χ2n) is 5.98. The van der Waals surface area contributed by atoms with Gasteiger partial charge in [0.05, 0.1) is 11.7 Å². The molecule has 2 aromatic heterocycles. The number of nitrogens with zero attached hydrogens (tertiary/aromatic N) is 4. The number of aryl methyl sites for hydroxylation is 2. The van der Waals surface area contributed by atoms with Crippen molar-refractivity contribution >= 4 is 5.95 Å². The van der Waals surface area contributed by atoms with Crippen LogP contribution in [0, 0.1) is 6.92 Å². The van der Waals surface area contributed by atoms with Gasteiger partial charge in [-0.05, 0) is 19.8 Å². The Morgan fingerprint density at radius 3 is 2.62 bits per heavy atom. The molecule has 0 aromatic carbocycles. The van der Waals surface area contributed by atoms with Crippen LogP contribution in [-0.4, -0.2) is 32.5 Å². The van der Waals surface area contributed by atoms with Gasteiger partial charge in [-0.3, -0.25) is 4.68 Å². The van der Waals surface area contributed by atoms with E-state index >= 15 is 0 Å². The van der Waals surface area contributed by atoms with Crippen LogP contribution >= 0.6 is 0 Å². The molecule has 1 aliphatic rings. The molecule has 1 N–H and O–H groups in total. The average Bonchev–Trinajstić information content (AvgIpc) is 3.09. The number of alkyl halides is 3. The van der Waals surface area contributed by atoms with Gasteiger partial charge in [0.2, 0.25) is 5.95 Å². The maximum absolute atomic E-state index is 12.7. The Balaban J connectivity index is 1.69. The first-order valence-electron chi connectivity index (χ1n) is 7.81. The molecule has 132 valence electrons. The summed E-state index contributed by atoms with van der Waals surface area (Å²) in [5, 5.41) is 7.48. The van der Waals surface area contributed by atoms with Crippen LogP contribution < -0.4 is 5.32 Å². The van der Waals surface area contributed by atoms with Crippen LogP contribution in [0.1, 0.15) is 35.8 Å². The van der Waals surface area contributed by atoms with Gasteiger partial charge in [0.15, 0.2) is 5.69 Å². The maximum Gasteiger partial charge on any atom is 0.434 e. The lowest BCUT2D eigenvalue weighted by Gasteiger charge is -2.22. The molecule has 0 saturated carbocycles. The van der Waals surface area contributed by atoms with Crippen molar-refractivity contribution < 1.29 is 17.9 Å². The van der Waals surface area contributed by atoms with Gasteiger partial charge in [0, 0.05) is 44.8 Å². The zero-order valence-electron chi connectivity index (χ0n) is 13.6. The molecule has 1 fully saturated rings. The smallest absolute Gasteiger partial charge is 0.381 e. The Bertz CT molecular complexity index is 701. The van der Waals surface area contributed by atoms with E-state index in [0.717, 1.165) is 43.5 Å². The Morgan fingerprint density at radius 2 is 2.00 bits per heavy atom. The molecule has 3 heterocycles. The molecular formula is C15H20F3N5O. The lowest BCUT2D eigenvalue weighted by atomic mass is 10.1. The largest absolute Gasteiger partial charge is 0.434 e. The molecule has 1 saturated heterocycles. The third kappa shape index (κ3) is 3.55. The Morgan fingerprint density at radius 1 is 1.29 bits per heavy atom. The molecular weight excluding hydrogens is 323 g/mol. The fraction of sp³-hybridized carbons (Fsp3) is 0.600. The number of aromatic nitrogens is 4. The summed E-state index contributed by atoms with van der Waals surface area (Å²) >= 11 is 0. The predicted octanol–water partition coefficient (Wildman–Crippen LogP) is 2.91. The van der Waals surface area contributed by atoms with E-state index in [-0.39, 0.29) is 5.95 Å². The second kappa shape index (κ2) is 6.46. The van der Waals surface area contributed by atoms with Crippen LogP contribution in [-0.2, 0) is 24.5 Å². The topological polar surface area (TPSA) is 56.9 Å². The van der Waals surface area contributed by atoms with Gasteiger partial charge in [0.1, 0.15) is 0 Å². The third-order valence-electron chi connectivity index (χ3n) is 4.19. The van der Waals surface area contributed by atoms with Gasteiger partial charge >= 0.3 is 6.18 Å². The maximum atomic E-state index is 12.7. The Kier molecular flexibility index (Phi) is 4.53. The number of ether oxygens (including phenoxy) is 1. The van der Waals surface area contributed by atoms with Gasteiger partial charge in [-0.25, -0.2) is 4.98 Å². The Hall–Kier alpha value is -2.03. The number of hydrogen-bond donors (Lipinski definition) is 1. The fourth-order valence-corrected chi connectivity index (χ4v) is 2.77. The molecule has 24 heavy (non-hydrogen) atoms. The lowest BCUT2D eigenvalue weighted by molar-refractivity contribution is -0.140. The molecule has 3 rings (SSSR count). The van der Waals surface area contributed by atoms with Gasteiger partial charge in [-0.2, -0.15) is 18.3 Å². The number of imidazole rings is 1. The molecule has 9 heteroatoms. The summed E-state index contributed by atoms with van der Waals surface area (Å²) in [5.41, 5.74) is 0.902. The lowest BCUT2D eigenvalue weighted by Crippen LogP contribution is -2.20. The summed E-state index contributed by atoms with van der Waals surface area (Å²) in [4.78, 5) is 3.61. The summed E-state index contributed by atoms with van der Waals surface area (Å²) in [7, 11) is 1.53. The molecule has 1 aliphatic heterocycles. The monoisotopic (exact) mass is 343 g/mol. The summed E-state index contributed by atoms with van der Waals surface area (Å²) in [6.07, 6.45) is 0.318. The molecule has 0 aliphatic carbocycles. The molecule has 0 bridgehead atoms. The molecule has 0 unspecified atom stereocenters. The van der Waals surface area contributed by atoms with Crippen molar-refractivity contribution in [3.05, 3.63) is 29.3 Å². The molecule has 6 nitrogen and oxygen atoms in total. The summed E-state index contributed by atoms with van der Waals surface area (Å²) in [5.74, 6) is 0.181. The van der Waals surface area contributed by atoms with E-state index in [1.165, 1.54) is 11.6 Å². The van der Waals surface area contributed by atoms with Gasteiger partial charge < -0.3 is 14.6 Å². The second-order valence-corrected chi connectivity index (χ2v) is 5.98. The molecule has 0 radical (unpaired) electrons. The van der Waals surface area contributed by atoms with Crippen LogP contribution in [0.4, 0.5) is 19.1 Å². The molecule has 2 aromatic rings. The van der Waals surface area contributed by atoms with Crippen molar-refractivity contribution in [1.29, 1.82) is 0 Å². The van der Waals surface area contributed by atoms with Crippen LogP contribution in [0.25, 0.3) is 0 Å². The number of halogens is 3. The van der Waals surface area contributed by atoms with Gasteiger partial charge in [-0.1, -0.05) is 0 Å². The fourth-order valence-electron chi connectivity index (χ4n) is 2.77. The summed E-state index contributed by atoms with van der Waals surface area (Å²) in [6.45, 7) is 3.72.